The standard InChI is InChI=1S/Au.Fe.Li.2H3O4P/c;;;2*1-5(2,3)4/h;;;2*(H3,1,2,3,4)/q+3;+2;+1;;/p-6. The Labute approximate surface area is 112 Å². The largest absolute Gasteiger partial charge is 3.00 e. The van der Waals surface area contributed by atoms with E-state index in [4.69, 9.17) is 38.5 Å². The minimum atomic E-state index is -5.39. The van der Waals surface area contributed by atoms with E-state index in [-0.39, 0.29) is 58.3 Å². The number of rotatable bonds is 0. The van der Waals surface area contributed by atoms with Crippen LogP contribution in [0.15, 0.2) is 0 Å². The zero-order valence-corrected chi connectivity index (χ0v) is 10.9. The summed E-state index contributed by atoms with van der Waals surface area (Å²) >= 11 is 0. The van der Waals surface area contributed by atoms with Crippen LogP contribution in [0.1, 0.15) is 0 Å². The van der Waals surface area contributed by atoms with Gasteiger partial charge in [-0.05, 0) is 0 Å². The average molecular weight is 450 g/mol. The average Bonchev–Trinajstić information content (AvgIpc) is 1.12. The molecule has 0 radical (unpaired) electrons. The Bertz CT molecular complexity index is 134. The van der Waals surface area contributed by atoms with Gasteiger partial charge in [-0.2, -0.15) is 15.6 Å². The molecule has 0 aromatic heterocycles. The molecule has 0 rings (SSSR count). The monoisotopic (exact) mass is 450 g/mol. The summed E-state index contributed by atoms with van der Waals surface area (Å²) in [5.74, 6) is 0. The van der Waals surface area contributed by atoms with Crippen LogP contribution in [-0.2, 0) is 48.6 Å². The van der Waals surface area contributed by atoms with E-state index in [9.17, 15) is 0 Å². The summed E-state index contributed by atoms with van der Waals surface area (Å²) in [6.45, 7) is 0. The van der Waals surface area contributed by atoms with Crippen LogP contribution in [0.5, 0.6) is 0 Å². The first-order chi connectivity index (χ1) is 4.00. The molecule has 0 N–H and O–H groups in total. The van der Waals surface area contributed by atoms with E-state index in [2.05, 4.69) is 0 Å². The van der Waals surface area contributed by atoms with Gasteiger partial charge in [0, 0.05) is 0 Å². The van der Waals surface area contributed by atoms with E-state index in [1.165, 1.54) is 0 Å². The Morgan fingerprint density at radius 2 is 0.692 bits per heavy atom. The summed E-state index contributed by atoms with van der Waals surface area (Å²) in [7, 11) is -10.8. The van der Waals surface area contributed by atoms with Crippen molar-refractivity contribution in [2.24, 2.45) is 0 Å². The first-order valence-electron chi connectivity index (χ1n) is 1.46. The fourth-order valence-corrected chi connectivity index (χ4v) is 0. The summed E-state index contributed by atoms with van der Waals surface area (Å²) in [6, 6.07) is 0. The Hall–Kier alpha value is 2.08. The second-order valence-corrected chi connectivity index (χ2v) is 2.68. The summed E-state index contributed by atoms with van der Waals surface area (Å²) in [5, 5.41) is 0. The van der Waals surface area contributed by atoms with Crippen molar-refractivity contribution in [2.75, 3.05) is 0 Å². The van der Waals surface area contributed by atoms with Crippen LogP contribution in [0, 0.1) is 0 Å². The molecule has 0 spiro atoms. The smallest absolute Gasteiger partial charge is 0.822 e. The molecule has 0 aliphatic rings. The topological polar surface area (TPSA) is 172 Å². The van der Waals surface area contributed by atoms with Crippen molar-refractivity contribution in [3.05, 3.63) is 0 Å². The molecule has 0 heterocycles. The van der Waals surface area contributed by atoms with Gasteiger partial charge in [0.05, 0.1) is 0 Å². The van der Waals surface area contributed by atoms with Gasteiger partial charge in [0.15, 0.2) is 0 Å². The molecule has 0 atom stereocenters. The van der Waals surface area contributed by atoms with Crippen molar-refractivity contribution in [1.29, 1.82) is 0 Å². The Morgan fingerprint density at radius 3 is 0.692 bits per heavy atom. The van der Waals surface area contributed by atoms with E-state index in [0.29, 0.717) is 0 Å². The third-order valence-electron chi connectivity index (χ3n) is 0. The second kappa shape index (κ2) is 12.1. The normalized spacial score (nSPS) is 9.08. The summed E-state index contributed by atoms with van der Waals surface area (Å²) in [6.07, 6.45) is 0. The third kappa shape index (κ3) is 476. The van der Waals surface area contributed by atoms with Crippen LogP contribution in [0.25, 0.3) is 0 Å². The van der Waals surface area contributed by atoms with E-state index in [1.807, 2.05) is 0 Å². The molecular formula is AuFeLiO8P2. The van der Waals surface area contributed by atoms with Crippen LogP contribution >= 0.6 is 15.6 Å². The van der Waals surface area contributed by atoms with Crippen molar-refractivity contribution in [2.45, 2.75) is 0 Å². The maximum atomic E-state index is 8.55. The van der Waals surface area contributed by atoms with E-state index in [1.54, 1.807) is 0 Å². The number of phosphoric acid groups is 2. The van der Waals surface area contributed by atoms with Crippen molar-refractivity contribution in [1.82, 2.24) is 0 Å². The number of hydrogen-bond donors (Lipinski definition) is 0. The molecule has 13 heavy (non-hydrogen) atoms. The van der Waals surface area contributed by atoms with Crippen LogP contribution < -0.4 is 48.2 Å². The summed E-state index contributed by atoms with van der Waals surface area (Å²) in [5.41, 5.74) is 0. The predicted molar refractivity (Wildman–Crippen MR) is 15.2 cm³/mol. The molecule has 0 saturated carbocycles. The minimum Gasteiger partial charge on any atom is -0.822 e. The Balaban J connectivity index is -0.0000000267. The van der Waals surface area contributed by atoms with Crippen molar-refractivity contribution in [3.8, 4) is 0 Å². The quantitative estimate of drug-likeness (QED) is 0.259. The van der Waals surface area contributed by atoms with Crippen molar-refractivity contribution in [3.63, 3.8) is 0 Å². The fourth-order valence-electron chi connectivity index (χ4n) is 0. The zero-order valence-electron chi connectivity index (χ0n) is 5.82. The van der Waals surface area contributed by atoms with Gasteiger partial charge >= 0.3 is 58.3 Å². The molecular weight excluding hydrogens is 450 g/mol. The van der Waals surface area contributed by atoms with Crippen LogP contribution in [0.2, 0.25) is 0 Å². The SMILES string of the molecule is O=P([O-])([O-])[O-].O=P([O-])([O-])[O-].[Au+3].[Fe+2].[Li+]. The zero-order chi connectivity index (χ0) is 9.00. The summed E-state index contributed by atoms with van der Waals surface area (Å²) < 4.78 is 17.1. The molecule has 0 aliphatic carbocycles. The number of hydrogen-bond acceptors (Lipinski definition) is 8. The molecule has 0 aromatic rings. The van der Waals surface area contributed by atoms with Gasteiger partial charge in [-0.3, -0.25) is 0 Å². The van der Waals surface area contributed by atoms with Gasteiger partial charge in [-0.25, -0.2) is 0 Å². The van der Waals surface area contributed by atoms with Gasteiger partial charge in [0.1, 0.15) is 0 Å². The molecule has 78 valence electrons. The first-order valence-corrected chi connectivity index (χ1v) is 4.38. The first kappa shape index (κ1) is 29.4. The molecule has 0 aliphatic heterocycles. The van der Waals surface area contributed by atoms with Crippen molar-refractivity contribution < 1.29 is 96.8 Å². The third-order valence-corrected chi connectivity index (χ3v) is 0. The van der Waals surface area contributed by atoms with Gasteiger partial charge in [-0.15, -0.1) is 0 Å². The Morgan fingerprint density at radius 1 is 0.692 bits per heavy atom. The fraction of sp³-hybridized carbons (Fsp3) is 0. The maximum absolute atomic E-state index is 8.55. The molecule has 0 saturated heterocycles. The minimum absolute atomic E-state index is 0. The van der Waals surface area contributed by atoms with E-state index < -0.39 is 15.6 Å². The van der Waals surface area contributed by atoms with Crippen LogP contribution in [-0.4, -0.2) is 0 Å². The molecule has 8 nitrogen and oxygen atoms in total. The molecule has 0 amide bonds. The van der Waals surface area contributed by atoms with Crippen LogP contribution in [0.3, 0.4) is 0 Å². The van der Waals surface area contributed by atoms with E-state index in [0.717, 1.165) is 0 Å². The van der Waals surface area contributed by atoms with Gasteiger partial charge in [-0.1, -0.05) is 0 Å². The molecule has 0 bridgehead atoms. The summed E-state index contributed by atoms with van der Waals surface area (Å²) in [4.78, 5) is 51.3. The molecule has 0 aromatic carbocycles. The predicted octanol–water partition coefficient (Wildman–Crippen LogP) is -8.65. The molecule has 13 heteroatoms. The van der Waals surface area contributed by atoms with Gasteiger partial charge in [0.2, 0.25) is 0 Å². The van der Waals surface area contributed by atoms with E-state index >= 15 is 0 Å². The van der Waals surface area contributed by atoms with Gasteiger partial charge < -0.3 is 38.5 Å². The molecule has 0 fully saturated rings. The van der Waals surface area contributed by atoms with Crippen LogP contribution in [0.4, 0.5) is 0 Å². The maximum Gasteiger partial charge on any atom is 3.00 e. The van der Waals surface area contributed by atoms with Crippen molar-refractivity contribution >= 4 is 15.6 Å². The second-order valence-electron chi connectivity index (χ2n) is 0.894. The molecule has 0 unspecified atom stereocenters. The Kier molecular flexibility index (Phi) is 27.5. The van der Waals surface area contributed by atoms with Gasteiger partial charge in [0.25, 0.3) is 0 Å².